The molecule has 29 heavy (non-hydrogen) atoms. The van der Waals surface area contributed by atoms with Crippen molar-refractivity contribution >= 4 is 31.6 Å². The van der Waals surface area contributed by atoms with E-state index in [1.807, 2.05) is 12.1 Å². The highest BCUT2D eigenvalue weighted by atomic mass is 32.1. The Morgan fingerprint density at radius 1 is 0.966 bits per heavy atom. The standard InChI is InChI=1S/C23H19FN2O2S/c24-15-10-12-16(13-11-15)26-21(14-6-2-1-3-7-14)25-22-19(23(26)28)20(27)17-8-4-5-9-18(17)29-22/h4-5,8-14H,1-3,6-7H2. The lowest BCUT2D eigenvalue weighted by Gasteiger charge is -2.24. The average Bonchev–Trinajstić information content (AvgIpc) is 2.75. The predicted octanol–water partition coefficient (Wildman–Crippen LogP) is 5.15. The maximum atomic E-state index is 13.6. The van der Waals surface area contributed by atoms with Crippen molar-refractivity contribution in [3.8, 4) is 5.69 Å². The van der Waals surface area contributed by atoms with Crippen LogP contribution in [0.2, 0.25) is 0 Å². The zero-order valence-electron chi connectivity index (χ0n) is 15.7. The van der Waals surface area contributed by atoms with Gasteiger partial charge >= 0.3 is 0 Å². The van der Waals surface area contributed by atoms with Gasteiger partial charge in [0.25, 0.3) is 5.56 Å². The summed E-state index contributed by atoms with van der Waals surface area (Å²) in [6.07, 6.45) is 5.29. The van der Waals surface area contributed by atoms with Crippen molar-refractivity contribution in [2.24, 2.45) is 0 Å². The second-order valence-electron chi connectivity index (χ2n) is 7.53. The third-order valence-electron chi connectivity index (χ3n) is 5.70. The highest BCUT2D eigenvalue weighted by Crippen LogP contribution is 2.33. The van der Waals surface area contributed by atoms with Crippen LogP contribution in [0.5, 0.6) is 0 Å². The van der Waals surface area contributed by atoms with Crippen LogP contribution in [0.15, 0.2) is 58.1 Å². The molecule has 2 aromatic carbocycles. The van der Waals surface area contributed by atoms with Gasteiger partial charge in [0, 0.05) is 16.0 Å². The number of nitrogens with zero attached hydrogens (tertiary/aromatic N) is 2. The van der Waals surface area contributed by atoms with Gasteiger partial charge in [-0.2, -0.15) is 0 Å². The molecule has 2 aromatic heterocycles. The normalized spacial score (nSPS) is 15.2. The molecule has 1 saturated carbocycles. The fourth-order valence-electron chi connectivity index (χ4n) is 4.24. The lowest BCUT2D eigenvalue weighted by Crippen LogP contribution is -2.29. The second kappa shape index (κ2) is 7.19. The summed E-state index contributed by atoms with van der Waals surface area (Å²) >= 11 is 1.38. The number of rotatable bonds is 2. The van der Waals surface area contributed by atoms with Crippen LogP contribution in [-0.4, -0.2) is 9.55 Å². The molecule has 0 radical (unpaired) electrons. The van der Waals surface area contributed by atoms with E-state index in [0.717, 1.165) is 30.4 Å². The van der Waals surface area contributed by atoms with Crippen molar-refractivity contribution in [2.45, 2.75) is 38.0 Å². The largest absolute Gasteiger partial charge is 0.288 e. The van der Waals surface area contributed by atoms with Crippen molar-refractivity contribution in [1.82, 2.24) is 9.55 Å². The van der Waals surface area contributed by atoms with Gasteiger partial charge in [-0.25, -0.2) is 9.37 Å². The molecule has 1 aliphatic rings. The SMILES string of the molecule is O=c1c2ccccc2sc2nc(C3CCCCC3)n(-c3ccc(F)cc3)c(=O)c12. The zero-order valence-corrected chi connectivity index (χ0v) is 16.5. The van der Waals surface area contributed by atoms with E-state index >= 15 is 0 Å². The number of benzene rings is 2. The molecule has 0 unspecified atom stereocenters. The molecule has 5 rings (SSSR count). The summed E-state index contributed by atoms with van der Waals surface area (Å²) in [5, 5.41) is 0.637. The Kier molecular flexibility index (Phi) is 4.51. The van der Waals surface area contributed by atoms with Gasteiger partial charge in [0.2, 0.25) is 5.43 Å². The molecule has 0 atom stereocenters. The number of fused-ring (bicyclic) bond motifs is 2. The minimum absolute atomic E-state index is 0.109. The summed E-state index contributed by atoms with van der Waals surface area (Å²) in [6, 6.07) is 13.1. The maximum absolute atomic E-state index is 13.6. The molecule has 0 spiro atoms. The number of aromatic nitrogens is 2. The van der Waals surface area contributed by atoms with Gasteiger partial charge in [0.05, 0.1) is 5.69 Å². The van der Waals surface area contributed by atoms with Crippen molar-refractivity contribution in [3.05, 3.63) is 80.7 Å². The van der Waals surface area contributed by atoms with Crippen LogP contribution in [0.3, 0.4) is 0 Å². The van der Waals surface area contributed by atoms with Gasteiger partial charge in [-0.05, 0) is 49.2 Å². The summed E-state index contributed by atoms with van der Waals surface area (Å²) < 4.78 is 15.9. The molecule has 0 aliphatic heterocycles. The van der Waals surface area contributed by atoms with Crippen LogP contribution in [0, 0.1) is 5.82 Å². The van der Waals surface area contributed by atoms with Gasteiger partial charge in [-0.15, -0.1) is 11.3 Å². The topological polar surface area (TPSA) is 52.0 Å². The first-order valence-corrected chi connectivity index (χ1v) is 10.7. The maximum Gasteiger partial charge on any atom is 0.270 e. The molecular weight excluding hydrogens is 387 g/mol. The second-order valence-corrected chi connectivity index (χ2v) is 8.56. The molecule has 0 N–H and O–H groups in total. The van der Waals surface area contributed by atoms with E-state index in [0.29, 0.717) is 21.7 Å². The van der Waals surface area contributed by atoms with Crippen molar-refractivity contribution in [2.75, 3.05) is 0 Å². The van der Waals surface area contributed by atoms with E-state index in [2.05, 4.69) is 0 Å². The van der Waals surface area contributed by atoms with Crippen LogP contribution < -0.4 is 11.0 Å². The van der Waals surface area contributed by atoms with E-state index in [1.165, 1.54) is 34.5 Å². The Balaban J connectivity index is 1.88. The Hall–Kier alpha value is -2.86. The van der Waals surface area contributed by atoms with Gasteiger partial charge < -0.3 is 0 Å². The minimum atomic E-state index is -0.368. The molecule has 4 nitrogen and oxygen atoms in total. The van der Waals surface area contributed by atoms with E-state index in [-0.39, 0.29) is 28.1 Å². The molecule has 0 saturated heterocycles. The van der Waals surface area contributed by atoms with E-state index < -0.39 is 0 Å². The monoisotopic (exact) mass is 406 g/mol. The van der Waals surface area contributed by atoms with Gasteiger partial charge in [-0.3, -0.25) is 14.2 Å². The van der Waals surface area contributed by atoms with Crippen molar-refractivity contribution in [3.63, 3.8) is 0 Å². The number of hydrogen-bond acceptors (Lipinski definition) is 4. The van der Waals surface area contributed by atoms with Crippen LogP contribution in [0.1, 0.15) is 43.8 Å². The first-order chi connectivity index (χ1) is 14.1. The number of hydrogen-bond donors (Lipinski definition) is 0. The molecular formula is C23H19FN2O2S. The van der Waals surface area contributed by atoms with Crippen molar-refractivity contribution in [1.29, 1.82) is 0 Å². The highest BCUT2D eigenvalue weighted by Gasteiger charge is 2.24. The quantitative estimate of drug-likeness (QED) is 0.433. The van der Waals surface area contributed by atoms with Crippen LogP contribution in [0.25, 0.3) is 26.0 Å². The van der Waals surface area contributed by atoms with Gasteiger partial charge in [-0.1, -0.05) is 31.4 Å². The average molecular weight is 406 g/mol. The van der Waals surface area contributed by atoms with Gasteiger partial charge in [0.15, 0.2) is 0 Å². The molecule has 2 heterocycles. The van der Waals surface area contributed by atoms with E-state index in [1.54, 1.807) is 24.3 Å². The van der Waals surface area contributed by atoms with E-state index in [9.17, 15) is 14.0 Å². The molecule has 0 amide bonds. The minimum Gasteiger partial charge on any atom is -0.288 e. The Labute approximate surface area is 170 Å². The van der Waals surface area contributed by atoms with Crippen LogP contribution in [-0.2, 0) is 0 Å². The number of halogens is 1. The molecule has 4 aromatic rings. The van der Waals surface area contributed by atoms with Crippen LogP contribution in [0.4, 0.5) is 4.39 Å². The zero-order chi connectivity index (χ0) is 20.0. The predicted molar refractivity (Wildman–Crippen MR) is 115 cm³/mol. The fraction of sp³-hybridized carbons (Fsp3) is 0.261. The summed E-state index contributed by atoms with van der Waals surface area (Å²) in [5.41, 5.74) is -0.115. The highest BCUT2D eigenvalue weighted by molar-refractivity contribution is 7.24. The first-order valence-electron chi connectivity index (χ1n) is 9.88. The lowest BCUT2D eigenvalue weighted by molar-refractivity contribution is 0.422. The Morgan fingerprint density at radius 2 is 1.69 bits per heavy atom. The third-order valence-corrected chi connectivity index (χ3v) is 6.76. The summed E-state index contributed by atoms with van der Waals surface area (Å²) in [6.45, 7) is 0. The third kappa shape index (κ3) is 3.08. The molecule has 1 fully saturated rings. The Bertz CT molecular complexity index is 1340. The smallest absolute Gasteiger partial charge is 0.270 e. The summed E-state index contributed by atoms with van der Waals surface area (Å²) in [4.78, 5) is 32.0. The van der Waals surface area contributed by atoms with Gasteiger partial charge in [0.1, 0.15) is 21.9 Å². The molecule has 146 valence electrons. The van der Waals surface area contributed by atoms with Crippen molar-refractivity contribution < 1.29 is 4.39 Å². The molecule has 1 aliphatic carbocycles. The summed E-state index contributed by atoms with van der Waals surface area (Å²) in [7, 11) is 0. The molecule has 6 heteroatoms. The Morgan fingerprint density at radius 3 is 2.45 bits per heavy atom. The lowest BCUT2D eigenvalue weighted by atomic mass is 9.88. The fourth-order valence-corrected chi connectivity index (χ4v) is 5.29. The first kappa shape index (κ1) is 18.2. The van der Waals surface area contributed by atoms with Crippen LogP contribution >= 0.6 is 11.3 Å². The summed E-state index contributed by atoms with van der Waals surface area (Å²) in [5.74, 6) is 0.465. The van der Waals surface area contributed by atoms with E-state index in [4.69, 9.17) is 4.98 Å². The molecule has 0 bridgehead atoms.